The van der Waals surface area contributed by atoms with Gasteiger partial charge in [0.15, 0.2) is 0 Å². The lowest BCUT2D eigenvalue weighted by Crippen LogP contribution is -2.12. The molecule has 124 valence electrons. The number of hydrogen-bond donors (Lipinski definition) is 1. The van der Waals surface area contributed by atoms with Gasteiger partial charge in [0, 0.05) is 23.4 Å². The van der Waals surface area contributed by atoms with Gasteiger partial charge in [-0.3, -0.25) is 4.79 Å². The first-order valence-electron chi connectivity index (χ1n) is 7.41. The lowest BCUT2D eigenvalue weighted by Gasteiger charge is -2.10. The van der Waals surface area contributed by atoms with Gasteiger partial charge in [0.1, 0.15) is 5.82 Å². The molecule has 0 saturated heterocycles. The zero-order valence-electron chi connectivity index (χ0n) is 13.6. The summed E-state index contributed by atoms with van der Waals surface area (Å²) in [6, 6.07) is 8.03. The Morgan fingerprint density at radius 1 is 1.25 bits per heavy atom. The minimum absolute atomic E-state index is 0.199. The number of aromatic nitrogens is 3. The summed E-state index contributed by atoms with van der Waals surface area (Å²) in [5.41, 5.74) is 1.93. The van der Waals surface area contributed by atoms with E-state index in [2.05, 4.69) is 15.1 Å². The van der Waals surface area contributed by atoms with Crippen LogP contribution in [0.15, 0.2) is 39.6 Å². The molecule has 2 aromatic heterocycles. The summed E-state index contributed by atoms with van der Waals surface area (Å²) in [5.74, 6) is 0.150. The van der Waals surface area contributed by atoms with E-state index < -0.39 is 0 Å². The van der Waals surface area contributed by atoms with E-state index in [0.717, 1.165) is 5.69 Å². The van der Waals surface area contributed by atoms with Gasteiger partial charge in [0.05, 0.1) is 5.56 Å². The van der Waals surface area contributed by atoms with Crippen molar-refractivity contribution in [3.63, 3.8) is 0 Å². The second-order valence-corrected chi connectivity index (χ2v) is 5.85. The normalized spacial score (nSPS) is 11.2. The number of halogens is 1. The van der Waals surface area contributed by atoms with Crippen LogP contribution in [0.5, 0.6) is 0 Å². The molecule has 24 heavy (non-hydrogen) atoms. The first-order chi connectivity index (χ1) is 11.4. The van der Waals surface area contributed by atoms with Gasteiger partial charge in [0.25, 0.3) is 11.4 Å². The standard InChI is InChI=1S/C17H17FN4O2/c1-10-4-6-13(16(23)19-10)15-20-17(24-21-15)11-5-7-14(18)12(8-11)9-22(2)3/h4-8H,9H2,1-3H3,(H,19,23). The number of pyridine rings is 1. The molecule has 0 aliphatic heterocycles. The van der Waals surface area contributed by atoms with Crippen molar-refractivity contribution in [2.24, 2.45) is 0 Å². The maximum absolute atomic E-state index is 13.9. The summed E-state index contributed by atoms with van der Waals surface area (Å²) in [4.78, 5) is 20.8. The van der Waals surface area contributed by atoms with Gasteiger partial charge in [-0.05, 0) is 51.4 Å². The number of aryl methyl sites for hydroxylation is 1. The lowest BCUT2D eigenvalue weighted by molar-refractivity contribution is 0.392. The summed E-state index contributed by atoms with van der Waals surface area (Å²) in [6.07, 6.45) is 0. The molecule has 1 N–H and O–H groups in total. The molecule has 3 aromatic rings. The predicted octanol–water partition coefficient (Wildman–Crippen LogP) is 2.60. The molecule has 0 spiro atoms. The number of H-pyrrole nitrogens is 1. The fourth-order valence-electron chi connectivity index (χ4n) is 2.37. The molecule has 3 rings (SSSR count). The molecule has 7 heteroatoms. The molecule has 0 unspecified atom stereocenters. The topological polar surface area (TPSA) is 75.0 Å². The Bertz CT molecular complexity index is 930. The van der Waals surface area contributed by atoms with Gasteiger partial charge < -0.3 is 14.4 Å². The minimum atomic E-state index is -0.290. The minimum Gasteiger partial charge on any atom is -0.334 e. The van der Waals surface area contributed by atoms with E-state index >= 15 is 0 Å². The molecule has 0 atom stereocenters. The second-order valence-electron chi connectivity index (χ2n) is 5.85. The van der Waals surface area contributed by atoms with Crippen LogP contribution in [0.2, 0.25) is 0 Å². The van der Waals surface area contributed by atoms with Crippen LogP contribution in [-0.4, -0.2) is 34.1 Å². The number of nitrogens with one attached hydrogen (secondary N) is 1. The molecule has 0 aliphatic rings. The lowest BCUT2D eigenvalue weighted by atomic mass is 10.1. The zero-order valence-corrected chi connectivity index (χ0v) is 13.6. The van der Waals surface area contributed by atoms with Crippen molar-refractivity contribution in [2.45, 2.75) is 13.5 Å². The Balaban J connectivity index is 1.97. The Labute approximate surface area is 137 Å². The molecule has 0 saturated carbocycles. The number of hydrogen-bond acceptors (Lipinski definition) is 5. The van der Waals surface area contributed by atoms with E-state index in [0.29, 0.717) is 23.2 Å². The Morgan fingerprint density at radius 3 is 2.75 bits per heavy atom. The summed E-state index contributed by atoms with van der Waals surface area (Å²) in [7, 11) is 3.72. The van der Waals surface area contributed by atoms with E-state index in [-0.39, 0.29) is 23.1 Å². The van der Waals surface area contributed by atoms with Gasteiger partial charge >= 0.3 is 0 Å². The summed E-state index contributed by atoms with van der Waals surface area (Å²) >= 11 is 0. The first kappa shape index (κ1) is 16.1. The molecule has 0 radical (unpaired) electrons. The van der Waals surface area contributed by atoms with Gasteiger partial charge in [-0.25, -0.2) is 4.39 Å². The highest BCUT2D eigenvalue weighted by Crippen LogP contribution is 2.23. The first-order valence-corrected chi connectivity index (χ1v) is 7.41. The van der Waals surface area contributed by atoms with Crippen LogP contribution in [-0.2, 0) is 6.54 Å². The Morgan fingerprint density at radius 2 is 2.04 bits per heavy atom. The fraction of sp³-hybridized carbons (Fsp3) is 0.235. The molecule has 0 aliphatic carbocycles. The van der Waals surface area contributed by atoms with Crippen molar-refractivity contribution >= 4 is 0 Å². The van der Waals surface area contributed by atoms with Gasteiger partial charge in [-0.2, -0.15) is 4.98 Å². The summed E-state index contributed by atoms with van der Waals surface area (Å²) in [6.45, 7) is 2.25. The van der Waals surface area contributed by atoms with Gasteiger partial charge in [0.2, 0.25) is 5.82 Å². The van der Waals surface area contributed by atoms with E-state index in [9.17, 15) is 9.18 Å². The molecule has 1 aromatic carbocycles. The Hall–Kier alpha value is -2.80. The fourth-order valence-corrected chi connectivity index (χ4v) is 2.37. The van der Waals surface area contributed by atoms with Crippen molar-refractivity contribution in [3.8, 4) is 22.8 Å². The zero-order chi connectivity index (χ0) is 17.3. The largest absolute Gasteiger partial charge is 0.334 e. The van der Waals surface area contributed by atoms with Gasteiger partial charge in [-0.1, -0.05) is 5.16 Å². The highest BCUT2D eigenvalue weighted by Gasteiger charge is 2.15. The SMILES string of the molecule is Cc1ccc(-c2noc(-c3ccc(F)c(CN(C)C)c3)n2)c(=O)[nH]1. The summed E-state index contributed by atoms with van der Waals surface area (Å²) in [5, 5.41) is 3.86. The van der Waals surface area contributed by atoms with Crippen LogP contribution in [0.25, 0.3) is 22.8 Å². The third-order valence-corrected chi connectivity index (χ3v) is 3.50. The van der Waals surface area contributed by atoms with Gasteiger partial charge in [-0.15, -0.1) is 0 Å². The highest BCUT2D eigenvalue weighted by atomic mass is 19.1. The monoisotopic (exact) mass is 328 g/mol. The van der Waals surface area contributed by atoms with Crippen molar-refractivity contribution in [3.05, 3.63) is 57.8 Å². The van der Waals surface area contributed by atoms with Crippen LogP contribution in [0.3, 0.4) is 0 Å². The number of aromatic amines is 1. The molecule has 2 heterocycles. The Kier molecular flexibility index (Phi) is 4.26. The van der Waals surface area contributed by atoms with E-state index in [1.54, 1.807) is 31.2 Å². The third kappa shape index (κ3) is 3.26. The van der Waals surface area contributed by atoms with E-state index in [1.165, 1.54) is 6.07 Å². The molecular formula is C17H17FN4O2. The average Bonchev–Trinajstić information content (AvgIpc) is 2.98. The number of rotatable bonds is 4. The van der Waals surface area contributed by atoms with E-state index in [4.69, 9.17) is 4.52 Å². The average molecular weight is 328 g/mol. The molecule has 0 amide bonds. The van der Waals surface area contributed by atoms with Crippen molar-refractivity contribution in [2.75, 3.05) is 14.1 Å². The van der Waals surface area contributed by atoms with Crippen LogP contribution in [0.1, 0.15) is 11.3 Å². The maximum Gasteiger partial charge on any atom is 0.259 e. The van der Waals surface area contributed by atoms with Crippen LogP contribution in [0.4, 0.5) is 4.39 Å². The van der Waals surface area contributed by atoms with Crippen molar-refractivity contribution in [1.82, 2.24) is 20.0 Å². The number of benzene rings is 1. The van der Waals surface area contributed by atoms with Crippen LogP contribution < -0.4 is 5.56 Å². The van der Waals surface area contributed by atoms with Crippen LogP contribution in [0, 0.1) is 12.7 Å². The molecule has 6 nitrogen and oxygen atoms in total. The maximum atomic E-state index is 13.9. The molecule has 0 fully saturated rings. The summed E-state index contributed by atoms with van der Waals surface area (Å²) < 4.78 is 19.1. The second kappa shape index (κ2) is 6.37. The third-order valence-electron chi connectivity index (χ3n) is 3.50. The van der Waals surface area contributed by atoms with E-state index in [1.807, 2.05) is 19.0 Å². The smallest absolute Gasteiger partial charge is 0.259 e. The highest BCUT2D eigenvalue weighted by molar-refractivity contribution is 5.59. The van der Waals surface area contributed by atoms with Crippen molar-refractivity contribution < 1.29 is 8.91 Å². The molecule has 0 bridgehead atoms. The molecular weight excluding hydrogens is 311 g/mol. The van der Waals surface area contributed by atoms with Crippen molar-refractivity contribution in [1.29, 1.82) is 0 Å². The van der Waals surface area contributed by atoms with Crippen LogP contribution >= 0.6 is 0 Å². The number of nitrogens with zero attached hydrogens (tertiary/aromatic N) is 3. The predicted molar refractivity (Wildman–Crippen MR) is 87.9 cm³/mol. The quantitative estimate of drug-likeness (QED) is 0.797.